The van der Waals surface area contributed by atoms with Crippen molar-refractivity contribution in [1.82, 2.24) is 4.98 Å². The van der Waals surface area contributed by atoms with Gasteiger partial charge in [0.25, 0.3) is 0 Å². The Labute approximate surface area is 124 Å². The highest BCUT2D eigenvalue weighted by molar-refractivity contribution is 6.30. The van der Waals surface area contributed by atoms with Crippen molar-refractivity contribution in [2.45, 2.75) is 26.4 Å². The molecule has 0 bridgehead atoms. The first-order valence-electron chi connectivity index (χ1n) is 6.66. The molecule has 2 rings (SSSR count). The number of aromatic nitrogens is 1. The number of rotatable bonds is 6. The van der Waals surface area contributed by atoms with E-state index in [9.17, 15) is 5.11 Å². The molecule has 0 spiro atoms. The van der Waals surface area contributed by atoms with Crippen molar-refractivity contribution < 1.29 is 9.84 Å². The molecule has 0 saturated heterocycles. The van der Waals surface area contributed by atoms with Gasteiger partial charge in [0.1, 0.15) is 12.4 Å². The average molecular weight is 294 g/mol. The van der Waals surface area contributed by atoms with E-state index in [0.29, 0.717) is 10.8 Å². The highest BCUT2D eigenvalue weighted by atomic mass is 35.5. The first kappa shape index (κ1) is 14.9. The van der Waals surface area contributed by atoms with Crippen LogP contribution in [-0.2, 0) is 6.42 Å². The highest BCUT2D eigenvalue weighted by Gasteiger charge is 2.29. The lowest BCUT2D eigenvalue weighted by Crippen LogP contribution is -2.36. The van der Waals surface area contributed by atoms with E-state index in [2.05, 4.69) is 4.98 Å². The molecule has 1 aromatic carbocycles. The van der Waals surface area contributed by atoms with Crippen LogP contribution in [-0.4, -0.2) is 22.8 Å². The number of hydrogen-bond donors (Lipinski definition) is 2. The SMILES string of the molecule is CC(C)(Cc1ccc[nH]1)C(O)COc1ccc(Cl)cc1. The number of aliphatic hydroxyl groups is 1. The number of H-pyrrole nitrogens is 1. The van der Waals surface area contributed by atoms with Crippen LogP contribution in [0.4, 0.5) is 0 Å². The van der Waals surface area contributed by atoms with Crippen LogP contribution in [0.2, 0.25) is 5.02 Å². The van der Waals surface area contributed by atoms with Gasteiger partial charge in [0.05, 0.1) is 6.10 Å². The van der Waals surface area contributed by atoms with Gasteiger partial charge in [-0.15, -0.1) is 0 Å². The Morgan fingerprint density at radius 3 is 2.55 bits per heavy atom. The third-order valence-corrected chi connectivity index (χ3v) is 3.68. The first-order chi connectivity index (χ1) is 9.47. The fraction of sp³-hybridized carbons (Fsp3) is 0.375. The van der Waals surface area contributed by atoms with Gasteiger partial charge in [-0.1, -0.05) is 25.4 Å². The Balaban J connectivity index is 1.89. The predicted molar refractivity (Wildman–Crippen MR) is 81.2 cm³/mol. The quantitative estimate of drug-likeness (QED) is 0.853. The Hall–Kier alpha value is -1.45. The Morgan fingerprint density at radius 1 is 1.25 bits per heavy atom. The van der Waals surface area contributed by atoms with E-state index in [1.807, 2.05) is 32.2 Å². The van der Waals surface area contributed by atoms with Crippen molar-refractivity contribution in [3.8, 4) is 5.75 Å². The molecule has 0 fully saturated rings. The van der Waals surface area contributed by atoms with Gasteiger partial charge < -0.3 is 14.8 Å². The zero-order chi connectivity index (χ0) is 14.6. The summed E-state index contributed by atoms with van der Waals surface area (Å²) in [5, 5.41) is 11.0. The van der Waals surface area contributed by atoms with Gasteiger partial charge >= 0.3 is 0 Å². The van der Waals surface area contributed by atoms with Crippen LogP contribution in [0.1, 0.15) is 19.5 Å². The topological polar surface area (TPSA) is 45.2 Å². The second-order valence-corrected chi connectivity index (χ2v) is 6.08. The largest absolute Gasteiger partial charge is 0.491 e. The minimum absolute atomic E-state index is 0.259. The van der Waals surface area contributed by atoms with Gasteiger partial charge in [0.15, 0.2) is 0 Å². The molecule has 1 atom stereocenters. The number of hydrogen-bond acceptors (Lipinski definition) is 2. The van der Waals surface area contributed by atoms with Gasteiger partial charge in [0, 0.05) is 16.9 Å². The number of aromatic amines is 1. The summed E-state index contributed by atoms with van der Waals surface area (Å²) >= 11 is 5.82. The van der Waals surface area contributed by atoms with Gasteiger partial charge in [-0.05, 0) is 48.2 Å². The third-order valence-electron chi connectivity index (χ3n) is 3.43. The summed E-state index contributed by atoms with van der Waals surface area (Å²) in [6, 6.07) is 11.1. The third kappa shape index (κ3) is 4.02. The Bertz CT molecular complexity index is 520. The molecule has 0 amide bonds. The number of benzene rings is 1. The number of aliphatic hydroxyl groups excluding tert-OH is 1. The summed E-state index contributed by atoms with van der Waals surface area (Å²) in [5.41, 5.74) is 0.845. The van der Waals surface area contributed by atoms with Crippen LogP contribution in [0.15, 0.2) is 42.6 Å². The lowest BCUT2D eigenvalue weighted by Gasteiger charge is -2.30. The molecule has 20 heavy (non-hydrogen) atoms. The summed E-state index contributed by atoms with van der Waals surface area (Å²) < 4.78 is 5.61. The maximum Gasteiger partial charge on any atom is 0.119 e. The summed E-state index contributed by atoms with van der Waals surface area (Å²) in [6.07, 6.45) is 2.11. The first-order valence-corrected chi connectivity index (χ1v) is 7.04. The molecular formula is C16H20ClNO2. The lowest BCUT2D eigenvalue weighted by molar-refractivity contribution is 0.0114. The number of halogens is 1. The molecule has 0 radical (unpaired) electrons. The summed E-state index contributed by atoms with van der Waals surface area (Å²) in [7, 11) is 0. The van der Waals surface area contributed by atoms with Gasteiger partial charge in [-0.25, -0.2) is 0 Å². The maximum absolute atomic E-state index is 10.3. The number of nitrogens with one attached hydrogen (secondary N) is 1. The van der Waals surface area contributed by atoms with Crippen LogP contribution < -0.4 is 4.74 Å². The predicted octanol–water partition coefficient (Wildman–Crippen LogP) is 3.68. The number of ether oxygens (including phenoxy) is 1. The van der Waals surface area contributed by atoms with Crippen LogP contribution in [0.5, 0.6) is 5.75 Å². The fourth-order valence-electron chi connectivity index (χ4n) is 2.02. The molecule has 2 aromatic rings. The second kappa shape index (κ2) is 6.33. The Morgan fingerprint density at radius 2 is 1.95 bits per heavy atom. The zero-order valence-corrected chi connectivity index (χ0v) is 12.5. The minimum Gasteiger partial charge on any atom is -0.491 e. The molecule has 0 aliphatic rings. The molecule has 1 aromatic heterocycles. The molecule has 0 saturated carbocycles. The maximum atomic E-state index is 10.3. The van der Waals surface area contributed by atoms with E-state index in [1.54, 1.807) is 24.3 Å². The van der Waals surface area contributed by atoms with Crippen molar-refractivity contribution in [2.75, 3.05) is 6.61 Å². The zero-order valence-electron chi connectivity index (χ0n) is 11.8. The summed E-state index contributed by atoms with van der Waals surface area (Å²) in [5.74, 6) is 0.712. The van der Waals surface area contributed by atoms with Crippen molar-refractivity contribution in [3.63, 3.8) is 0 Å². The fourth-order valence-corrected chi connectivity index (χ4v) is 2.14. The van der Waals surface area contributed by atoms with E-state index in [1.165, 1.54) is 0 Å². The molecule has 4 heteroatoms. The van der Waals surface area contributed by atoms with Crippen LogP contribution in [0, 0.1) is 5.41 Å². The van der Waals surface area contributed by atoms with Gasteiger partial charge in [-0.3, -0.25) is 0 Å². The summed E-state index contributed by atoms with van der Waals surface area (Å²) in [6.45, 7) is 4.32. The van der Waals surface area contributed by atoms with Crippen LogP contribution in [0.25, 0.3) is 0 Å². The standard InChI is InChI=1S/C16H20ClNO2/c1-16(2,10-13-4-3-9-18-13)15(19)11-20-14-7-5-12(17)6-8-14/h3-9,15,18-19H,10-11H2,1-2H3. The van der Waals surface area contributed by atoms with Gasteiger partial charge in [0.2, 0.25) is 0 Å². The highest BCUT2D eigenvalue weighted by Crippen LogP contribution is 2.26. The molecule has 0 aliphatic carbocycles. The molecule has 1 heterocycles. The van der Waals surface area contributed by atoms with Crippen LogP contribution in [0.3, 0.4) is 0 Å². The molecule has 1 unspecified atom stereocenters. The van der Waals surface area contributed by atoms with Crippen molar-refractivity contribution in [1.29, 1.82) is 0 Å². The van der Waals surface area contributed by atoms with Crippen molar-refractivity contribution >= 4 is 11.6 Å². The van der Waals surface area contributed by atoms with Gasteiger partial charge in [-0.2, -0.15) is 0 Å². The molecule has 2 N–H and O–H groups in total. The van der Waals surface area contributed by atoms with E-state index >= 15 is 0 Å². The average Bonchev–Trinajstić information content (AvgIpc) is 2.89. The lowest BCUT2D eigenvalue weighted by atomic mass is 9.82. The monoisotopic (exact) mass is 293 g/mol. The molecule has 108 valence electrons. The van der Waals surface area contributed by atoms with E-state index in [-0.39, 0.29) is 12.0 Å². The molecule has 3 nitrogen and oxygen atoms in total. The molecule has 0 aliphatic heterocycles. The minimum atomic E-state index is -0.554. The van der Waals surface area contributed by atoms with E-state index < -0.39 is 6.10 Å². The normalized spacial score (nSPS) is 13.2. The van der Waals surface area contributed by atoms with Crippen molar-refractivity contribution in [2.24, 2.45) is 5.41 Å². The summed E-state index contributed by atoms with van der Waals surface area (Å²) in [4.78, 5) is 3.16. The molecular weight excluding hydrogens is 274 g/mol. The van der Waals surface area contributed by atoms with E-state index in [0.717, 1.165) is 12.1 Å². The van der Waals surface area contributed by atoms with Crippen LogP contribution >= 0.6 is 11.6 Å². The second-order valence-electron chi connectivity index (χ2n) is 5.64. The van der Waals surface area contributed by atoms with E-state index in [4.69, 9.17) is 16.3 Å². The van der Waals surface area contributed by atoms with Crippen molar-refractivity contribution in [3.05, 3.63) is 53.3 Å². The Kier molecular flexibility index (Phi) is 4.73. The smallest absolute Gasteiger partial charge is 0.119 e.